The van der Waals surface area contributed by atoms with Crippen LogP contribution in [0.3, 0.4) is 0 Å². The van der Waals surface area contributed by atoms with Gasteiger partial charge in [-0.2, -0.15) is 11.8 Å². The van der Waals surface area contributed by atoms with Gasteiger partial charge >= 0.3 is 11.9 Å². The second-order valence-corrected chi connectivity index (χ2v) is 5.39. The van der Waals surface area contributed by atoms with Crippen molar-refractivity contribution in [3.63, 3.8) is 0 Å². The Kier molecular flexibility index (Phi) is 8.04. The molecule has 0 aliphatic carbocycles. The van der Waals surface area contributed by atoms with E-state index >= 15 is 0 Å². The Hall–Kier alpha value is -0.710. The van der Waals surface area contributed by atoms with Gasteiger partial charge in [-0.25, -0.2) is 0 Å². The van der Waals surface area contributed by atoms with Crippen molar-refractivity contribution in [3.05, 3.63) is 0 Å². The number of carboxylic acid groups (broad SMARTS) is 2. The summed E-state index contributed by atoms with van der Waals surface area (Å²) in [6.45, 7) is 3.96. The van der Waals surface area contributed by atoms with Gasteiger partial charge in [0.15, 0.2) is 0 Å². The molecule has 0 saturated carbocycles. The Bertz CT molecular complexity index is 247. The van der Waals surface area contributed by atoms with Crippen molar-refractivity contribution in [1.82, 2.24) is 0 Å². The molecule has 100 valence electrons. The van der Waals surface area contributed by atoms with Gasteiger partial charge in [0.2, 0.25) is 0 Å². The first kappa shape index (κ1) is 16.3. The summed E-state index contributed by atoms with van der Waals surface area (Å²) in [7, 11) is 0. The third kappa shape index (κ3) is 5.96. The van der Waals surface area contributed by atoms with Crippen LogP contribution in [-0.4, -0.2) is 33.7 Å². The van der Waals surface area contributed by atoms with Crippen LogP contribution in [0.25, 0.3) is 0 Å². The standard InChI is InChI=1S/C12H22O4S/c1-3-6-12(7-4-2,11(15)16)9-17-8-5-10(13)14/h3-9H2,1-2H3,(H,13,14)(H,15,16). The maximum absolute atomic E-state index is 11.4. The zero-order chi connectivity index (χ0) is 13.3. The Morgan fingerprint density at radius 3 is 2.00 bits per heavy atom. The lowest BCUT2D eigenvalue weighted by atomic mass is 9.81. The first-order chi connectivity index (χ1) is 7.98. The number of carbonyl (C=O) groups is 2. The predicted octanol–water partition coefficient (Wildman–Crippen LogP) is 2.87. The molecule has 17 heavy (non-hydrogen) atoms. The van der Waals surface area contributed by atoms with Gasteiger partial charge in [-0.1, -0.05) is 26.7 Å². The van der Waals surface area contributed by atoms with Crippen molar-refractivity contribution < 1.29 is 19.8 Å². The fraction of sp³-hybridized carbons (Fsp3) is 0.833. The number of hydrogen-bond donors (Lipinski definition) is 2. The summed E-state index contributed by atoms with van der Waals surface area (Å²) < 4.78 is 0. The van der Waals surface area contributed by atoms with E-state index in [2.05, 4.69) is 0 Å². The van der Waals surface area contributed by atoms with Gasteiger partial charge in [0.1, 0.15) is 0 Å². The molecule has 5 heteroatoms. The summed E-state index contributed by atoms with van der Waals surface area (Å²) in [5.41, 5.74) is -0.674. The molecule has 0 fully saturated rings. The van der Waals surface area contributed by atoms with E-state index in [4.69, 9.17) is 5.11 Å². The van der Waals surface area contributed by atoms with Gasteiger partial charge in [0.05, 0.1) is 11.8 Å². The van der Waals surface area contributed by atoms with E-state index in [1.807, 2.05) is 13.8 Å². The first-order valence-electron chi connectivity index (χ1n) is 6.01. The molecular weight excluding hydrogens is 240 g/mol. The van der Waals surface area contributed by atoms with E-state index in [1.165, 1.54) is 11.8 Å². The SMILES string of the molecule is CCCC(CCC)(CSCCC(=O)O)C(=O)O. The van der Waals surface area contributed by atoms with Crippen LogP contribution in [0.15, 0.2) is 0 Å². The van der Waals surface area contributed by atoms with E-state index in [0.717, 1.165) is 12.8 Å². The zero-order valence-corrected chi connectivity index (χ0v) is 11.4. The van der Waals surface area contributed by atoms with Gasteiger partial charge < -0.3 is 10.2 Å². The van der Waals surface area contributed by atoms with Crippen LogP contribution in [0.5, 0.6) is 0 Å². The third-order valence-electron chi connectivity index (χ3n) is 2.75. The molecule has 0 radical (unpaired) electrons. The largest absolute Gasteiger partial charge is 0.481 e. The molecule has 0 heterocycles. The van der Waals surface area contributed by atoms with Crippen molar-refractivity contribution in [3.8, 4) is 0 Å². The van der Waals surface area contributed by atoms with Crippen molar-refractivity contribution in [2.75, 3.05) is 11.5 Å². The van der Waals surface area contributed by atoms with Crippen LogP contribution in [0.2, 0.25) is 0 Å². The molecule has 4 nitrogen and oxygen atoms in total. The summed E-state index contributed by atoms with van der Waals surface area (Å²) in [6, 6.07) is 0. The maximum Gasteiger partial charge on any atom is 0.310 e. The lowest BCUT2D eigenvalue weighted by Gasteiger charge is -2.28. The van der Waals surface area contributed by atoms with Crippen LogP contribution in [0, 0.1) is 5.41 Å². The number of carboxylic acids is 2. The Labute approximate surface area is 107 Å². The van der Waals surface area contributed by atoms with Gasteiger partial charge in [0.25, 0.3) is 0 Å². The van der Waals surface area contributed by atoms with Gasteiger partial charge in [-0.3, -0.25) is 9.59 Å². The van der Waals surface area contributed by atoms with Crippen LogP contribution < -0.4 is 0 Å². The Morgan fingerprint density at radius 1 is 1.12 bits per heavy atom. The Morgan fingerprint density at radius 2 is 1.65 bits per heavy atom. The highest BCUT2D eigenvalue weighted by atomic mass is 32.2. The summed E-state index contributed by atoms with van der Waals surface area (Å²) in [6.07, 6.45) is 3.10. The minimum absolute atomic E-state index is 0.0958. The third-order valence-corrected chi connectivity index (χ3v) is 4.00. The molecule has 0 saturated heterocycles. The average Bonchev–Trinajstić information content (AvgIpc) is 2.24. The quantitative estimate of drug-likeness (QED) is 0.592. The molecule has 0 aromatic carbocycles. The van der Waals surface area contributed by atoms with Crippen molar-refractivity contribution in [2.45, 2.75) is 46.0 Å². The van der Waals surface area contributed by atoms with Crippen molar-refractivity contribution >= 4 is 23.7 Å². The molecule has 0 amide bonds. The Balaban J connectivity index is 4.35. The summed E-state index contributed by atoms with van der Waals surface area (Å²) >= 11 is 1.44. The second kappa shape index (κ2) is 8.39. The molecule has 0 bridgehead atoms. The number of aliphatic carboxylic acids is 2. The number of hydrogen-bond acceptors (Lipinski definition) is 3. The second-order valence-electron chi connectivity index (χ2n) is 4.28. The average molecular weight is 262 g/mol. The topological polar surface area (TPSA) is 74.6 Å². The molecule has 2 N–H and O–H groups in total. The lowest BCUT2D eigenvalue weighted by Crippen LogP contribution is -2.33. The summed E-state index contributed by atoms with van der Waals surface area (Å²) in [5.74, 6) is -0.580. The molecular formula is C12H22O4S. The smallest absolute Gasteiger partial charge is 0.310 e. The van der Waals surface area contributed by atoms with E-state index < -0.39 is 17.4 Å². The van der Waals surface area contributed by atoms with Crippen LogP contribution in [-0.2, 0) is 9.59 Å². The fourth-order valence-electron chi connectivity index (χ4n) is 1.93. The van der Waals surface area contributed by atoms with Crippen molar-refractivity contribution in [1.29, 1.82) is 0 Å². The molecule has 0 spiro atoms. The van der Waals surface area contributed by atoms with Gasteiger partial charge in [-0.05, 0) is 12.8 Å². The lowest BCUT2D eigenvalue weighted by molar-refractivity contribution is -0.148. The number of thioether (sulfide) groups is 1. The molecule has 0 rings (SSSR count). The van der Waals surface area contributed by atoms with E-state index in [1.54, 1.807) is 0 Å². The monoisotopic (exact) mass is 262 g/mol. The van der Waals surface area contributed by atoms with Crippen LogP contribution in [0.4, 0.5) is 0 Å². The normalized spacial score (nSPS) is 11.4. The predicted molar refractivity (Wildman–Crippen MR) is 69.5 cm³/mol. The van der Waals surface area contributed by atoms with Gasteiger partial charge in [0, 0.05) is 11.5 Å². The highest BCUT2D eigenvalue weighted by Gasteiger charge is 2.36. The molecule has 0 atom stereocenters. The van der Waals surface area contributed by atoms with Crippen LogP contribution >= 0.6 is 11.8 Å². The molecule has 0 aromatic rings. The summed E-state index contributed by atoms with van der Waals surface area (Å²) in [5, 5.41) is 17.9. The summed E-state index contributed by atoms with van der Waals surface area (Å²) in [4.78, 5) is 21.8. The van der Waals surface area contributed by atoms with Gasteiger partial charge in [-0.15, -0.1) is 0 Å². The van der Waals surface area contributed by atoms with E-state index in [0.29, 0.717) is 24.3 Å². The molecule has 0 aliphatic rings. The maximum atomic E-state index is 11.4. The fourth-order valence-corrected chi connectivity index (χ4v) is 3.20. The number of rotatable bonds is 10. The molecule has 0 unspecified atom stereocenters. The van der Waals surface area contributed by atoms with Crippen molar-refractivity contribution in [2.24, 2.45) is 5.41 Å². The zero-order valence-electron chi connectivity index (χ0n) is 10.6. The minimum atomic E-state index is -0.829. The molecule has 0 aliphatic heterocycles. The van der Waals surface area contributed by atoms with E-state index in [-0.39, 0.29) is 6.42 Å². The minimum Gasteiger partial charge on any atom is -0.481 e. The van der Waals surface area contributed by atoms with E-state index in [9.17, 15) is 14.7 Å². The highest BCUT2D eigenvalue weighted by Crippen LogP contribution is 2.34. The highest BCUT2D eigenvalue weighted by molar-refractivity contribution is 7.99. The molecule has 0 aromatic heterocycles. The van der Waals surface area contributed by atoms with Crippen LogP contribution in [0.1, 0.15) is 46.0 Å². The first-order valence-corrected chi connectivity index (χ1v) is 7.17.